The first-order valence-corrected chi connectivity index (χ1v) is 7.10. The van der Waals surface area contributed by atoms with E-state index in [9.17, 15) is 18.9 Å². The van der Waals surface area contributed by atoms with Crippen LogP contribution in [0.2, 0.25) is 0 Å². The van der Waals surface area contributed by atoms with E-state index in [0.717, 1.165) is 31.7 Å². The average Bonchev–Trinajstić information content (AvgIpc) is 2.69. The highest BCUT2D eigenvalue weighted by atomic mass is 19.1. The topological polar surface area (TPSA) is 58.4 Å². The number of rotatable bonds is 3. The predicted octanol–water partition coefficient (Wildman–Crippen LogP) is 2.59. The number of benzene rings is 1. The highest BCUT2D eigenvalue weighted by Gasteiger charge is 2.42. The Morgan fingerprint density at radius 1 is 1.24 bits per heavy atom. The summed E-state index contributed by atoms with van der Waals surface area (Å²) in [6, 6.07) is 2.35. The van der Waals surface area contributed by atoms with Crippen LogP contribution in [-0.4, -0.2) is 30.1 Å². The molecule has 0 amide bonds. The van der Waals surface area contributed by atoms with Crippen LogP contribution in [0.1, 0.15) is 25.7 Å². The Balaban J connectivity index is 1.98. The molecule has 0 aliphatic carbocycles. The van der Waals surface area contributed by atoms with E-state index in [1.54, 1.807) is 0 Å². The van der Waals surface area contributed by atoms with Crippen LogP contribution in [0, 0.1) is 21.7 Å². The minimum absolute atomic E-state index is 0.153. The number of nitrogens with zero attached hydrogens (tertiary/aromatic N) is 2. The molecule has 1 aromatic carbocycles. The number of nitrogens with one attached hydrogen (secondary N) is 1. The molecule has 3 rings (SSSR count). The van der Waals surface area contributed by atoms with Crippen molar-refractivity contribution in [3.05, 3.63) is 33.9 Å². The van der Waals surface area contributed by atoms with Crippen LogP contribution in [0.25, 0.3) is 0 Å². The molecule has 2 aliphatic heterocycles. The van der Waals surface area contributed by atoms with E-state index < -0.39 is 22.2 Å². The maximum atomic E-state index is 14.1. The lowest BCUT2D eigenvalue weighted by atomic mass is 9.96. The Bertz CT molecular complexity index is 568. The van der Waals surface area contributed by atoms with E-state index in [1.807, 2.05) is 11.9 Å². The summed E-state index contributed by atoms with van der Waals surface area (Å²) in [4.78, 5) is 12.0. The number of fused-ring (bicyclic) bond motifs is 2. The van der Waals surface area contributed by atoms with Crippen molar-refractivity contribution in [3.8, 4) is 0 Å². The number of hydrogen-bond acceptors (Lipinski definition) is 4. The van der Waals surface area contributed by atoms with Crippen LogP contribution in [-0.2, 0) is 0 Å². The van der Waals surface area contributed by atoms with Crippen molar-refractivity contribution >= 4 is 11.4 Å². The van der Waals surface area contributed by atoms with Gasteiger partial charge in [0.25, 0.3) is 0 Å². The lowest BCUT2D eigenvalue weighted by Gasteiger charge is -2.40. The third-order valence-corrected chi connectivity index (χ3v) is 4.63. The van der Waals surface area contributed by atoms with Crippen molar-refractivity contribution < 1.29 is 13.7 Å². The van der Waals surface area contributed by atoms with Crippen molar-refractivity contribution in [1.82, 2.24) is 5.32 Å². The summed E-state index contributed by atoms with van der Waals surface area (Å²) < 4.78 is 27.6. The normalized spacial score (nSPS) is 28.0. The van der Waals surface area contributed by atoms with E-state index in [2.05, 4.69) is 5.32 Å². The molecule has 0 saturated carbocycles. The Labute approximate surface area is 121 Å². The maximum absolute atomic E-state index is 14.1. The molecule has 7 heteroatoms. The number of halogens is 2. The van der Waals surface area contributed by atoms with Crippen LogP contribution in [0.4, 0.5) is 20.2 Å². The molecule has 2 unspecified atom stereocenters. The van der Waals surface area contributed by atoms with Gasteiger partial charge in [-0.15, -0.1) is 0 Å². The molecule has 2 aliphatic rings. The molecule has 2 fully saturated rings. The van der Waals surface area contributed by atoms with Gasteiger partial charge in [0.1, 0.15) is 5.82 Å². The summed E-state index contributed by atoms with van der Waals surface area (Å²) >= 11 is 0. The Morgan fingerprint density at radius 3 is 2.38 bits per heavy atom. The summed E-state index contributed by atoms with van der Waals surface area (Å²) in [5.41, 5.74) is -0.508. The number of nitro groups is 1. The van der Waals surface area contributed by atoms with Gasteiger partial charge in [0.05, 0.1) is 10.6 Å². The van der Waals surface area contributed by atoms with Gasteiger partial charge in [-0.05, 0) is 32.7 Å². The molecule has 2 saturated heterocycles. The summed E-state index contributed by atoms with van der Waals surface area (Å²) in [6.07, 6.45) is 3.62. The number of nitro benzene ring substituents is 1. The summed E-state index contributed by atoms with van der Waals surface area (Å²) in [7, 11) is 1.91. The molecule has 21 heavy (non-hydrogen) atoms. The van der Waals surface area contributed by atoms with E-state index in [0.29, 0.717) is 12.1 Å². The first-order valence-electron chi connectivity index (χ1n) is 7.10. The van der Waals surface area contributed by atoms with Gasteiger partial charge in [0.2, 0.25) is 5.82 Å². The first kappa shape index (κ1) is 14.2. The van der Waals surface area contributed by atoms with Gasteiger partial charge >= 0.3 is 5.69 Å². The van der Waals surface area contributed by atoms with Crippen LogP contribution >= 0.6 is 0 Å². The van der Waals surface area contributed by atoms with Gasteiger partial charge in [0.15, 0.2) is 0 Å². The monoisotopic (exact) mass is 297 g/mol. The Kier molecular flexibility index (Phi) is 3.52. The fourth-order valence-corrected chi connectivity index (χ4v) is 3.67. The summed E-state index contributed by atoms with van der Waals surface area (Å²) in [5.74, 6) is -1.85. The van der Waals surface area contributed by atoms with Gasteiger partial charge in [0, 0.05) is 30.3 Å². The third kappa shape index (κ3) is 2.35. The lowest BCUT2D eigenvalue weighted by molar-refractivity contribution is -0.387. The molecule has 0 radical (unpaired) electrons. The molecule has 0 aromatic heterocycles. The van der Waals surface area contributed by atoms with Crippen LogP contribution in [0.3, 0.4) is 0 Å². The highest BCUT2D eigenvalue weighted by molar-refractivity contribution is 5.57. The minimum Gasteiger partial charge on any atom is -0.363 e. The van der Waals surface area contributed by atoms with Crippen LogP contribution in [0.5, 0.6) is 0 Å². The standard InChI is InChI=1S/C14H17F2N3O2/c1-17-8-4-9-2-3-10(5-8)18(9)13-7-14(19(20)21)12(16)6-11(13)15/h6-10,17H,2-5H2,1H3. The van der Waals surface area contributed by atoms with Gasteiger partial charge in [-0.25, -0.2) is 4.39 Å². The summed E-state index contributed by atoms with van der Waals surface area (Å²) in [6.45, 7) is 0. The SMILES string of the molecule is CNC1CC2CCC(C1)N2c1cc([N+](=O)[O-])c(F)cc1F. The highest BCUT2D eigenvalue weighted by Crippen LogP contribution is 2.41. The third-order valence-electron chi connectivity index (χ3n) is 4.63. The molecule has 0 spiro atoms. The molecule has 2 bridgehead atoms. The van der Waals surface area contributed by atoms with Gasteiger partial charge < -0.3 is 10.2 Å². The smallest absolute Gasteiger partial charge is 0.307 e. The fraction of sp³-hybridized carbons (Fsp3) is 0.571. The van der Waals surface area contributed by atoms with Crippen molar-refractivity contribution in [2.24, 2.45) is 0 Å². The molecule has 2 atom stereocenters. The molecular weight excluding hydrogens is 280 g/mol. The van der Waals surface area contributed by atoms with E-state index in [4.69, 9.17) is 0 Å². The Morgan fingerprint density at radius 2 is 1.86 bits per heavy atom. The fourth-order valence-electron chi connectivity index (χ4n) is 3.67. The van der Waals surface area contributed by atoms with Gasteiger partial charge in [-0.1, -0.05) is 0 Å². The van der Waals surface area contributed by atoms with Crippen molar-refractivity contribution in [1.29, 1.82) is 0 Å². The van der Waals surface area contributed by atoms with Crippen molar-refractivity contribution in [2.75, 3.05) is 11.9 Å². The average molecular weight is 297 g/mol. The van der Waals surface area contributed by atoms with Gasteiger partial charge in [-0.3, -0.25) is 10.1 Å². The van der Waals surface area contributed by atoms with Gasteiger partial charge in [-0.2, -0.15) is 4.39 Å². The Hall–Kier alpha value is -1.76. The first-order chi connectivity index (χ1) is 10.0. The van der Waals surface area contributed by atoms with E-state index >= 15 is 0 Å². The maximum Gasteiger partial charge on any atom is 0.307 e. The summed E-state index contributed by atoms with van der Waals surface area (Å²) in [5, 5.41) is 14.1. The molecular formula is C14H17F2N3O2. The van der Waals surface area contributed by atoms with E-state index in [1.165, 1.54) is 0 Å². The molecule has 2 heterocycles. The second-order valence-electron chi connectivity index (χ2n) is 5.76. The van der Waals surface area contributed by atoms with Crippen molar-refractivity contribution in [2.45, 2.75) is 43.8 Å². The molecule has 114 valence electrons. The zero-order valence-electron chi connectivity index (χ0n) is 11.7. The minimum atomic E-state index is -1.13. The molecule has 1 N–H and O–H groups in total. The number of piperidine rings is 1. The number of hydrogen-bond donors (Lipinski definition) is 1. The lowest BCUT2D eigenvalue weighted by Crippen LogP contribution is -2.48. The van der Waals surface area contributed by atoms with Crippen LogP contribution in [0.15, 0.2) is 12.1 Å². The molecule has 1 aromatic rings. The predicted molar refractivity (Wildman–Crippen MR) is 74.4 cm³/mol. The quantitative estimate of drug-likeness (QED) is 0.688. The van der Waals surface area contributed by atoms with Crippen molar-refractivity contribution in [3.63, 3.8) is 0 Å². The molecule has 5 nitrogen and oxygen atoms in total. The second-order valence-corrected chi connectivity index (χ2v) is 5.76. The zero-order chi connectivity index (χ0) is 15.1. The van der Waals surface area contributed by atoms with E-state index in [-0.39, 0.29) is 17.8 Å². The number of anilines is 1. The largest absolute Gasteiger partial charge is 0.363 e. The van der Waals surface area contributed by atoms with Crippen LogP contribution < -0.4 is 10.2 Å². The zero-order valence-corrected chi connectivity index (χ0v) is 11.7. The second kappa shape index (κ2) is 5.22.